The Kier molecular flexibility index (Phi) is 2.63. The highest BCUT2D eigenvalue weighted by Gasteiger charge is 2.07. The maximum Gasteiger partial charge on any atom is 0.325 e. The second-order valence-electron chi connectivity index (χ2n) is 3.15. The van der Waals surface area contributed by atoms with Crippen LogP contribution >= 0.6 is 0 Å². The topological polar surface area (TPSA) is 74.1 Å². The Bertz CT molecular complexity index is 591. The van der Waals surface area contributed by atoms with Gasteiger partial charge in [0.15, 0.2) is 0 Å². The fraction of sp³-hybridized carbons (Fsp3) is 0.200. The summed E-state index contributed by atoms with van der Waals surface area (Å²) in [5.41, 5.74) is 0.228. The van der Waals surface area contributed by atoms with E-state index in [1.54, 1.807) is 6.07 Å². The van der Waals surface area contributed by atoms with E-state index < -0.39 is 5.97 Å². The van der Waals surface area contributed by atoms with Crippen LogP contribution in [-0.4, -0.2) is 27.6 Å². The van der Waals surface area contributed by atoms with Crippen molar-refractivity contribution in [3.63, 3.8) is 0 Å². The molecule has 0 saturated heterocycles. The number of hydrogen-bond acceptors (Lipinski definition) is 5. The smallest absolute Gasteiger partial charge is 0.325 e. The van der Waals surface area contributed by atoms with Gasteiger partial charge in [0.25, 0.3) is 5.56 Å². The van der Waals surface area contributed by atoms with Crippen LogP contribution in [-0.2, 0) is 16.1 Å². The van der Waals surface area contributed by atoms with Gasteiger partial charge in [0.2, 0.25) is 0 Å². The van der Waals surface area contributed by atoms with Crippen molar-refractivity contribution in [3.05, 3.63) is 35.1 Å². The molecule has 6 nitrogen and oxygen atoms in total. The van der Waals surface area contributed by atoms with Gasteiger partial charge in [-0.15, -0.1) is 0 Å². The number of methoxy groups -OCH3 is 1. The summed E-state index contributed by atoms with van der Waals surface area (Å²) in [5.74, 6) is -0.489. The van der Waals surface area contributed by atoms with Crippen molar-refractivity contribution in [2.75, 3.05) is 7.11 Å². The third-order valence-electron chi connectivity index (χ3n) is 2.15. The Morgan fingerprint density at radius 2 is 2.38 bits per heavy atom. The number of esters is 1. The number of rotatable bonds is 2. The summed E-state index contributed by atoms with van der Waals surface area (Å²) in [4.78, 5) is 30.8. The molecule has 0 unspecified atom stereocenters. The van der Waals surface area contributed by atoms with Crippen molar-refractivity contribution in [2.45, 2.75) is 6.54 Å². The zero-order valence-electron chi connectivity index (χ0n) is 8.58. The van der Waals surface area contributed by atoms with Crippen LogP contribution in [0.3, 0.4) is 0 Å². The Hall–Kier alpha value is -2.24. The number of fused-ring (bicyclic) bond motifs is 1. The van der Waals surface area contributed by atoms with Gasteiger partial charge in [-0.3, -0.25) is 19.1 Å². The number of nitrogens with zero attached hydrogens (tertiary/aromatic N) is 3. The zero-order valence-corrected chi connectivity index (χ0v) is 8.58. The summed E-state index contributed by atoms with van der Waals surface area (Å²) in [6.45, 7) is -0.138. The molecule has 0 amide bonds. The van der Waals surface area contributed by atoms with E-state index in [1.807, 2.05) is 0 Å². The van der Waals surface area contributed by atoms with Crippen LogP contribution in [0.1, 0.15) is 0 Å². The predicted molar refractivity (Wildman–Crippen MR) is 55.8 cm³/mol. The first-order valence-electron chi connectivity index (χ1n) is 4.58. The van der Waals surface area contributed by atoms with E-state index in [-0.39, 0.29) is 12.1 Å². The average Bonchev–Trinajstić information content (AvgIpc) is 2.33. The molecule has 0 aliphatic carbocycles. The van der Waals surface area contributed by atoms with Crippen molar-refractivity contribution >= 4 is 16.9 Å². The van der Waals surface area contributed by atoms with E-state index in [0.29, 0.717) is 10.9 Å². The van der Waals surface area contributed by atoms with Gasteiger partial charge in [-0.25, -0.2) is 4.98 Å². The van der Waals surface area contributed by atoms with Gasteiger partial charge in [0.05, 0.1) is 30.5 Å². The quantitative estimate of drug-likeness (QED) is 0.663. The van der Waals surface area contributed by atoms with Gasteiger partial charge in [-0.05, 0) is 6.07 Å². The molecule has 16 heavy (non-hydrogen) atoms. The standard InChI is InChI=1S/C10H9N3O3/c1-16-9(14)5-13-6-12-8-4-11-3-2-7(8)10(13)15/h2-4,6H,5H2,1H3. The highest BCUT2D eigenvalue weighted by Crippen LogP contribution is 2.02. The first kappa shape index (κ1) is 10.3. The lowest BCUT2D eigenvalue weighted by Crippen LogP contribution is -2.25. The van der Waals surface area contributed by atoms with Crippen LogP contribution in [0.4, 0.5) is 0 Å². The fourth-order valence-electron chi connectivity index (χ4n) is 1.33. The molecule has 0 saturated carbocycles. The van der Waals surface area contributed by atoms with Crippen molar-refractivity contribution in [1.29, 1.82) is 0 Å². The van der Waals surface area contributed by atoms with Crippen molar-refractivity contribution in [2.24, 2.45) is 0 Å². The molecule has 0 aromatic carbocycles. The number of aromatic nitrogens is 3. The molecule has 2 heterocycles. The van der Waals surface area contributed by atoms with Gasteiger partial charge in [-0.2, -0.15) is 0 Å². The Morgan fingerprint density at radius 3 is 3.12 bits per heavy atom. The molecular weight excluding hydrogens is 210 g/mol. The highest BCUT2D eigenvalue weighted by molar-refractivity contribution is 5.76. The van der Waals surface area contributed by atoms with Crippen LogP contribution in [0.15, 0.2) is 29.6 Å². The molecule has 2 aromatic rings. The summed E-state index contributed by atoms with van der Waals surface area (Å²) in [5, 5.41) is 0.432. The Labute approximate surface area is 90.5 Å². The lowest BCUT2D eigenvalue weighted by atomic mass is 10.3. The molecule has 0 fully saturated rings. The van der Waals surface area contributed by atoms with Crippen LogP contribution < -0.4 is 5.56 Å². The number of pyridine rings is 1. The summed E-state index contributed by atoms with van der Waals surface area (Å²) < 4.78 is 5.68. The molecule has 0 aliphatic heterocycles. The van der Waals surface area contributed by atoms with Crippen molar-refractivity contribution < 1.29 is 9.53 Å². The van der Waals surface area contributed by atoms with Crippen LogP contribution in [0.2, 0.25) is 0 Å². The second-order valence-corrected chi connectivity index (χ2v) is 3.15. The van der Waals surface area contributed by atoms with E-state index in [4.69, 9.17) is 0 Å². The molecule has 0 radical (unpaired) electrons. The minimum Gasteiger partial charge on any atom is -0.468 e. The fourth-order valence-corrected chi connectivity index (χ4v) is 1.33. The lowest BCUT2D eigenvalue weighted by molar-refractivity contribution is -0.141. The molecule has 6 heteroatoms. The van der Waals surface area contributed by atoms with Gasteiger partial charge < -0.3 is 4.74 Å². The minimum absolute atomic E-state index is 0.138. The van der Waals surface area contributed by atoms with Crippen LogP contribution in [0.25, 0.3) is 10.9 Å². The first-order chi connectivity index (χ1) is 7.72. The van der Waals surface area contributed by atoms with Crippen LogP contribution in [0, 0.1) is 0 Å². The third-order valence-corrected chi connectivity index (χ3v) is 2.15. The van der Waals surface area contributed by atoms with Crippen LogP contribution in [0.5, 0.6) is 0 Å². The minimum atomic E-state index is -0.489. The molecule has 82 valence electrons. The molecule has 2 rings (SSSR count). The van der Waals surface area contributed by atoms with E-state index in [2.05, 4.69) is 14.7 Å². The zero-order chi connectivity index (χ0) is 11.5. The van der Waals surface area contributed by atoms with Gasteiger partial charge in [-0.1, -0.05) is 0 Å². The molecule has 0 N–H and O–H groups in total. The maximum atomic E-state index is 11.9. The monoisotopic (exact) mass is 219 g/mol. The predicted octanol–water partition coefficient (Wildman–Crippen LogP) is -0.0355. The Balaban J connectivity index is 2.53. The van der Waals surface area contributed by atoms with Gasteiger partial charge >= 0.3 is 5.97 Å². The molecule has 2 aromatic heterocycles. The summed E-state index contributed by atoms with van der Waals surface area (Å²) in [7, 11) is 1.27. The summed E-state index contributed by atoms with van der Waals surface area (Å²) in [6, 6.07) is 1.57. The summed E-state index contributed by atoms with van der Waals surface area (Å²) >= 11 is 0. The molecule has 0 spiro atoms. The molecule has 0 atom stereocenters. The van der Waals surface area contributed by atoms with Crippen molar-refractivity contribution in [1.82, 2.24) is 14.5 Å². The normalized spacial score (nSPS) is 10.3. The number of hydrogen-bond donors (Lipinski definition) is 0. The van der Waals surface area contributed by atoms with Crippen molar-refractivity contribution in [3.8, 4) is 0 Å². The molecular formula is C10H9N3O3. The Morgan fingerprint density at radius 1 is 1.56 bits per heavy atom. The van der Waals surface area contributed by atoms with E-state index >= 15 is 0 Å². The van der Waals surface area contributed by atoms with E-state index in [0.717, 1.165) is 0 Å². The molecule has 0 aliphatic rings. The largest absolute Gasteiger partial charge is 0.468 e. The average molecular weight is 219 g/mol. The highest BCUT2D eigenvalue weighted by atomic mass is 16.5. The third kappa shape index (κ3) is 1.77. The number of ether oxygens (including phenoxy) is 1. The van der Waals surface area contributed by atoms with Gasteiger partial charge in [0.1, 0.15) is 6.54 Å². The summed E-state index contributed by atoms with van der Waals surface area (Å²) in [6.07, 6.45) is 4.32. The van der Waals surface area contributed by atoms with Gasteiger partial charge in [0, 0.05) is 6.20 Å². The second kappa shape index (κ2) is 4.09. The first-order valence-corrected chi connectivity index (χ1v) is 4.58. The molecule has 0 bridgehead atoms. The van der Waals surface area contributed by atoms with E-state index in [1.165, 1.54) is 30.4 Å². The number of carbonyl (C=O) groups is 1. The van der Waals surface area contributed by atoms with E-state index in [9.17, 15) is 9.59 Å². The number of carbonyl (C=O) groups excluding carboxylic acids is 1. The lowest BCUT2D eigenvalue weighted by Gasteiger charge is -2.04. The maximum absolute atomic E-state index is 11.9. The SMILES string of the molecule is COC(=O)Cn1cnc2cnccc2c1=O.